The number of anilines is 1. The fourth-order valence-electron chi connectivity index (χ4n) is 1.62. The van der Waals surface area contributed by atoms with Crippen molar-refractivity contribution >= 4 is 32.4 Å². The smallest absolute Gasteiger partial charge is 0.263 e. The van der Waals surface area contributed by atoms with Gasteiger partial charge in [-0.25, -0.2) is 13.4 Å². The highest BCUT2D eigenvalue weighted by Crippen LogP contribution is 2.20. The maximum Gasteiger partial charge on any atom is 0.263 e. The third-order valence-electron chi connectivity index (χ3n) is 2.61. The van der Waals surface area contributed by atoms with Crippen LogP contribution in [0.2, 0.25) is 0 Å². The van der Waals surface area contributed by atoms with Crippen LogP contribution in [0.5, 0.6) is 0 Å². The van der Waals surface area contributed by atoms with Gasteiger partial charge in [-0.15, -0.1) is 17.9 Å². The van der Waals surface area contributed by atoms with Gasteiger partial charge in [-0.05, 0) is 12.1 Å². The number of sulfonamides is 1. The molecule has 0 saturated carbocycles. The Morgan fingerprint density at radius 3 is 2.73 bits per heavy atom. The lowest BCUT2D eigenvalue weighted by Crippen LogP contribution is -2.25. The molecule has 0 aliphatic carbocycles. The van der Waals surface area contributed by atoms with Gasteiger partial charge in [-0.2, -0.15) is 0 Å². The lowest BCUT2D eigenvalue weighted by molar-refractivity contribution is -0.120. The molecular weight excluding hydrogens is 322 g/mol. The first kappa shape index (κ1) is 16.2. The summed E-state index contributed by atoms with van der Waals surface area (Å²) in [4.78, 5) is 15.8. The molecule has 1 aromatic heterocycles. The lowest BCUT2D eigenvalue weighted by Gasteiger charge is -2.04. The summed E-state index contributed by atoms with van der Waals surface area (Å²) in [5, 5.41) is 4.51. The zero-order valence-corrected chi connectivity index (χ0v) is 13.3. The topological polar surface area (TPSA) is 88.2 Å². The Bertz CT molecular complexity index is 755. The minimum Gasteiger partial charge on any atom is -0.352 e. The molecular formula is C14H15N3O3S2. The van der Waals surface area contributed by atoms with Gasteiger partial charge >= 0.3 is 0 Å². The van der Waals surface area contributed by atoms with E-state index < -0.39 is 10.0 Å². The van der Waals surface area contributed by atoms with Crippen molar-refractivity contribution in [1.82, 2.24) is 10.3 Å². The van der Waals surface area contributed by atoms with Crippen LogP contribution in [0.1, 0.15) is 5.69 Å². The van der Waals surface area contributed by atoms with Gasteiger partial charge in [0.1, 0.15) is 0 Å². The molecule has 22 heavy (non-hydrogen) atoms. The molecule has 2 N–H and O–H groups in total. The van der Waals surface area contributed by atoms with E-state index in [4.69, 9.17) is 0 Å². The Morgan fingerprint density at radius 1 is 1.32 bits per heavy atom. The summed E-state index contributed by atoms with van der Waals surface area (Å²) in [7, 11) is -3.66. The van der Waals surface area contributed by atoms with Crippen LogP contribution in [0.3, 0.4) is 0 Å². The van der Waals surface area contributed by atoms with Crippen molar-refractivity contribution in [2.75, 3.05) is 11.3 Å². The Balaban J connectivity index is 2.03. The summed E-state index contributed by atoms with van der Waals surface area (Å²) in [6.45, 7) is 3.89. The molecule has 116 valence electrons. The molecule has 0 spiro atoms. The van der Waals surface area contributed by atoms with Crippen LogP contribution in [-0.2, 0) is 21.2 Å². The van der Waals surface area contributed by atoms with E-state index in [1.165, 1.54) is 12.1 Å². The molecule has 0 aliphatic rings. The molecule has 0 unspecified atom stereocenters. The number of carbonyl (C=O) groups is 1. The van der Waals surface area contributed by atoms with Gasteiger partial charge in [-0.3, -0.25) is 9.52 Å². The molecule has 1 amide bonds. The summed E-state index contributed by atoms with van der Waals surface area (Å²) in [6.07, 6.45) is 1.68. The van der Waals surface area contributed by atoms with E-state index in [0.29, 0.717) is 12.2 Å². The second-order valence-corrected chi connectivity index (χ2v) is 6.87. The fourth-order valence-corrected chi connectivity index (χ4v) is 3.61. The Kier molecular flexibility index (Phi) is 5.29. The number of nitrogens with one attached hydrogen (secondary N) is 2. The SMILES string of the molecule is C=CCNC(=O)Cc1csc(NS(=O)(=O)c2ccccc2)n1. The van der Waals surface area contributed by atoms with Crippen molar-refractivity contribution in [2.24, 2.45) is 0 Å². The van der Waals surface area contributed by atoms with Crippen molar-refractivity contribution in [3.05, 3.63) is 54.1 Å². The van der Waals surface area contributed by atoms with E-state index >= 15 is 0 Å². The van der Waals surface area contributed by atoms with E-state index in [2.05, 4.69) is 21.6 Å². The number of hydrogen-bond acceptors (Lipinski definition) is 5. The highest BCUT2D eigenvalue weighted by molar-refractivity contribution is 7.93. The highest BCUT2D eigenvalue weighted by atomic mass is 32.2. The van der Waals surface area contributed by atoms with Crippen LogP contribution in [-0.4, -0.2) is 25.9 Å². The van der Waals surface area contributed by atoms with Crippen molar-refractivity contribution < 1.29 is 13.2 Å². The minimum atomic E-state index is -3.66. The molecule has 0 bridgehead atoms. The van der Waals surface area contributed by atoms with Crippen molar-refractivity contribution in [3.8, 4) is 0 Å². The first-order valence-electron chi connectivity index (χ1n) is 6.41. The number of benzene rings is 1. The number of hydrogen-bond donors (Lipinski definition) is 2. The van der Waals surface area contributed by atoms with Crippen molar-refractivity contribution in [1.29, 1.82) is 0 Å². The third-order valence-corrected chi connectivity index (χ3v) is 4.90. The normalized spacial score (nSPS) is 10.9. The third kappa shape index (κ3) is 4.40. The second kappa shape index (κ2) is 7.19. The summed E-state index contributed by atoms with van der Waals surface area (Å²) >= 11 is 1.14. The quantitative estimate of drug-likeness (QED) is 0.754. The summed E-state index contributed by atoms with van der Waals surface area (Å²) in [5.74, 6) is -0.192. The van der Waals surface area contributed by atoms with E-state index in [1.807, 2.05) is 0 Å². The number of thiazole rings is 1. The zero-order chi connectivity index (χ0) is 16.0. The highest BCUT2D eigenvalue weighted by Gasteiger charge is 2.16. The van der Waals surface area contributed by atoms with Crippen LogP contribution >= 0.6 is 11.3 Å². The number of aromatic nitrogens is 1. The molecule has 0 atom stereocenters. The molecule has 1 aromatic carbocycles. The fraction of sp³-hybridized carbons (Fsp3) is 0.143. The summed E-state index contributed by atoms with van der Waals surface area (Å²) in [5.41, 5.74) is 0.511. The molecule has 2 rings (SSSR count). The lowest BCUT2D eigenvalue weighted by atomic mass is 10.3. The predicted molar refractivity (Wildman–Crippen MR) is 86.3 cm³/mol. The van der Waals surface area contributed by atoms with Gasteiger partial charge in [0.25, 0.3) is 10.0 Å². The van der Waals surface area contributed by atoms with E-state index in [1.54, 1.807) is 29.7 Å². The van der Waals surface area contributed by atoms with Crippen LogP contribution < -0.4 is 10.0 Å². The molecule has 1 heterocycles. The maximum absolute atomic E-state index is 12.1. The average molecular weight is 337 g/mol. The Hall–Kier alpha value is -2.19. The second-order valence-electron chi connectivity index (χ2n) is 4.33. The van der Waals surface area contributed by atoms with E-state index in [0.717, 1.165) is 11.3 Å². The number of carbonyl (C=O) groups excluding carboxylic acids is 1. The molecule has 8 heteroatoms. The monoisotopic (exact) mass is 337 g/mol. The Labute approximate surface area is 133 Å². The van der Waals surface area contributed by atoms with Gasteiger partial charge in [0.15, 0.2) is 5.13 Å². The minimum absolute atomic E-state index is 0.0946. The number of rotatable bonds is 7. The first-order valence-corrected chi connectivity index (χ1v) is 8.77. The van der Waals surface area contributed by atoms with Gasteiger partial charge < -0.3 is 5.32 Å². The molecule has 0 aliphatic heterocycles. The Morgan fingerprint density at radius 2 is 2.05 bits per heavy atom. The van der Waals surface area contributed by atoms with Gasteiger partial charge in [0, 0.05) is 11.9 Å². The van der Waals surface area contributed by atoms with Crippen LogP contribution in [0, 0.1) is 0 Å². The van der Waals surface area contributed by atoms with Crippen LogP contribution in [0.15, 0.2) is 53.3 Å². The van der Waals surface area contributed by atoms with Gasteiger partial charge in [0.2, 0.25) is 5.91 Å². The van der Waals surface area contributed by atoms with Crippen LogP contribution in [0.25, 0.3) is 0 Å². The van der Waals surface area contributed by atoms with Crippen molar-refractivity contribution in [3.63, 3.8) is 0 Å². The van der Waals surface area contributed by atoms with E-state index in [-0.39, 0.29) is 22.4 Å². The number of nitrogens with zero attached hydrogens (tertiary/aromatic N) is 1. The van der Waals surface area contributed by atoms with Crippen molar-refractivity contribution in [2.45, 2.75) is 11.3 Å². The van der Waals surface area contributed by atoms with E-state index in [9.17, 15) is 13.2 Å². The summed E-state index contributed by atoms with van der Waals surface area (Å²) < 4.78 is 26.7. The molecule has 0 saturated heterocycles. The predicted octanol–water partition coefficient (Wildman–Crippen LogP) is 1.79. The van der Waals surface area contributed by atoms with Gasteiger partial charge in [0.05, 0.1) is 17.0 Å². The largest absolute Gasteiger partial charge is 0.352 e. The molecule has 0 radical (unpaired) electrons. The maximum atomic E-state index is 12.1. The van der Waals surface area contributed by atoms with Gasteiger partial charge in [-0.1, -0.05) is 24.3 Å². The number of amides is 1. The molecule has 6 nitrogen and oxygen atoms in total. The molecule has 2 aromatic rings. The zero-order valence-electron chi connectivity index (χ0n) is 11.7. The first-order chi connectivity index (χ1) is 10.5. The molecule has 0 fully saturated rings. The standard InChI is InChI=1S/C14H15N3O3S2/c1-2-8-15-13(18)9-11-10-21-14(16-11)17-22(19,20)12-6-4-3-5-7-12/h2-7,10H,1,8-9H2,(H,15,18)(H,16,17). The summed E-state index contributed by atoms with van der Waals surface area (Å²) in [6, 6.07) is 8.03. The average Bonchev–Trinajstić information content (AvgIpc) is 2.92. The van der Waals surface area contributed by atoms with Crippen LogP contribution in [0.4, 0.5) is 5.13 Å².